The molecule has 1 aromatic carbocycles. The van der Waals surface area contributed by atoms with Crippen LogP contribution in [0.4, 0.5) is 4.79 Å². The number of ether oxygens (including phenoxy) is 2. The van der Waals surface area contributed by atoms with E-state index >= 15 is 0 Å². The normalized spacial score (nSPS) is 17.3. The van der Waals surface area contributed by atoms with Crippen LogP contribution in [0.15, 0.2) is 30.3 Å². The van der Waals surface area contributed by atoms with E-state index in [0.29, 0.717) is 26.2 Å². The van der Waals surface area contributed by atoms with E-state index in [1.54, 1.807) is 0 Å². The van der Waals surface area contributed by atoms with Crippen molar-refractivity contribution in [2.75, 3.05) is 19.8 Å². The van der Waals surface area contributed by atoms with E-state index in [9.17, 15) is 9.59 Å². The van der Waals surface area contributed by atoms with Gasteiger partial charge in [0.2, 0.25) is 0 Å². The first-order chi connectivity index (χ1) is 12.6. The zero-order valence-corrected chi connectivity index (χ0v) is 15.1. The highest BCUT2D eigenvalue weighted by Gasteiger charge is 2.26. The summed E-state index contributed by atoms with van der Waals surface area (Å²) in [6.07, 6.45) is 1.98. The molecule has 0 bridgehead atoms. The molecule has 2 rings (SSSR count). The molecular weight excluding hydrogens is 336 g/mol. The van der Waals surface area contributed by atoms with Gasteiger partial charge in [0.15, 0.2) is 0 Å². The second-order valence-electron chi connectivity index (χ2n) is 6.47. The second kappa shape index (κ2) is 10.8. The van der Waals surface area contributed by atoms with E-state index in [1.165, 1.54) is 0 Å². The van der Waals surface area contributed by atoms with Crippen LogP contribution in [0.5, 0.6) is 0 Å². The summed E-state index contributed by atoms with van der Waals surface area (Å²) < 4.78 is 11.7. The molecule has 1 saturated heterocycles. The van der Waals surface area contributed by atoms with Crippen LogP contribution < -0.4 is 10.6 Å². The quantitative estimate of drug-likeness (QED) is 0.585. The number of hydrogen-bond donors (Lipinski definition) is 3. The van der Waals surface area contributed by atoms with Crippen molar-refractivity contribution in [3.63, 3.8) is 0 Å². The van der Waals surface area contributed by atoms with Crippen molar-refractivity contribution in [1.82, 2.24) is 10.6 Å². The Morgan fingerprint density at radius 3 is 2.62 bits per heavy atom. The Labute approximate surface area is 154 Å². The Kier molecular flexibility index (Phi) is 8.37. The maximum Gasteiger partial charge on any atom is 0.315 e. The third-order valence-electron chi connectivity index (χ3n) is 4.30. The Morgan fingerprint density at radius 1 is 1.27 bits per heavy atom. The van der Waals surface area contributed by atoms with Gasteiger partial charge in [0.1, 0.15) is 6.10 Å². The van der Waals surface area contributed by atoms with Gasteiger partial charge in [-0.3, -0.25) is 4.79 Å². The van der Waals surface area contributed by atoms with Crippen molar-refractivity contribution in [1.29, 1.82) is 0 Å². The van der Waals surface area contributed by atoms with Crippen molar-refractivity contribution < 1.29 is 24.2 Å². The molecule has 144 valence electrons. The van der Waals surface area contributed by atoms with Gasteiger partial charge in [0.25, 0.3) is 0 Å². The molecule has 0 aromatic heterocycles. The number of rotatable bonds is 9. The average molecular weight is 364 g/mol. The minimum Gasteiger partial charge on any atom is -0.481 e. The van der Waals surface area contributed by atoms with E-state index < -0.39 is 5.97 Å². The van der Waals surface area contributed by atoms with Crippen LogP contribution >= 0.6 is 0 Å². The predicted octanol–water partition coefficient (Wildman–Crippen LogP) is 2.48. The highest BCUT2D eigenvalue weighted by Crippen LogP contribution is 2.26. The van der Waals surface area contributed by atoms with Gasteiger partial charge in [0.05, 0.1) is 12.1 Å². The number of carboxylic acids is 1. The Hall–Kier alpha value is -2.12. The van der Waals surface area contributed by atoms with Gasteiger partial charge < -0.3 is 25.2 Å². The number of carbonyl (C=O) groups is 2. The molecule has 2 unspecified atom stereocenters. The fourth-order valence-electron chi connectivity index (χ4n) is 2.92. The molecule has 0 saturated carbocycles. The van der Waals surface area contributed by atoms with Gasteiger partial charge in [0, 0.05) is 26.2 Å². The van der Waals surface area contributed by atoms with Crippen LogP contribution in [0.25, 0.3) is 0 Å². The number of carbonyl (C=O) groups excluding carboxylic acids is 1. The van der Waals surface area contributed by atoms with E-state index in [2.05, 4.69) is 10.6 Å². The molecule has 26 heavy (non-hydrogen) atoms. The fourth-order valence-corrected chi connectivity index (χ4v) is 2.92. The summed E-state index contributed by atoms with van der Waals surface area (Å²) in [6.45, 7) is 3.62. The van der Waals surface area contributed by atoms with Crippen LogP contribution in [0.1, 0.15) is 44.3 Å². The molecule has 3 N–H and O–H groups in total. The van der Waals surface area contributed by atoms with Crippen molar-refractivity contribution >= 4 is 12.0 Å². The molecule has 1 aliphatic heterocycles. The van der Waals surface area contributed by atoms with Crippen LogP contribution in [-0.2, 0) is 14.3 Å². The van der Waals surface area contributed by atoms with Gasteiger partial charge >= 0.3 is 12.0 Å². The first-order valence-corrected chi connectivity index (χ1v) is 9.10. The number of benzene rings is 1. The summed E-state index contributed by atoms with van der Waals surface area (Å²) in [6, 6.07) is 9.28. The fraction of sp³-hybridized carbons (Fsp3) is 0.579. The highest BCUT2D eigenvalue weighted by atomic mass is 16.5. The van der Waals surface area contributed by atoms with E-state index in [-0.39, 0.29) is 30.7 Å². The highest BCUT2D eigenvalue weighted by molar-refractivity contribution is 5.74. The lowest BCUT2D eigenvalue weighted by molar-refractivity contribution is -0.137. The number of aliphatic carboxylic acids is 1. The minimum absolute atomic E-state index is 0.0370. The van der Waals surface area contributed by atoms with Crippen LogP contribution in [0.3, 0.4) is 0 Å². The SMILES string of the molecule is CC(NC(=O)NCCCC(=O)O)C(OC1CCOCC1)c1ccccc1. The van der Waals surface area contributed by atoms with Gasteiger partial charge in [-0.2, -0.15) is 0 Å². The van der Waals surface area contributed by atoms with Gasteiger partial charge in [-0.15, -0.1) is 0 Å². The minimum atomic E-state index is -0.866. The third-order valence-corrected chi connectivity index (χ3v) is 4.30. The van der Waals surface area contributed by atoms with Crippen molar-refractivity contribution in [3.8, 4) is 0 Å². The molecule has 1 fully saturated rings. The largest absolute Gasteiger partial charge is 0.481 e. The van der Waals surface area contributed by atoms with Crippen LogP contribution in [0.2, 0.25) is 0 Å². The van der Waals surface area contributed by atoms with Gasteiger partial charge in [-0.1, -0.05) is 30.3 Å². The lowest BCUT2D eigenvalue weighted by Crippen LogP contribution is -2.45. The third kappa shape index (κ3) is 7.01. The van der Waals surface area contributed by atoms with Crippen LogP contribution in [0, 0.1) is 0 Å². The average Bonchev–Trinajstić information content (AvgIpc) is 2.64. The number of nitrogens with one attached hydrogen (secondary N) is 2. The molecule has 1 aromatic rings. The first-order valence-electron chi connectivity index (χ1n) is 9.10. The molecule has 0 spiro atoms. The molecule has 2 amide bonds. The summed E-state index contributed by atoms with van der Waals surface area (Å²) in [4.78, 5) is 22.6. The topological polar surface area (TPSA) is 96.9 Å². The summed E-state index contributed by atoms with van der Waals surface area (Å²) in [5.41, 5.74) is 1.01. The molecule has 7 nitrogen and oxygen atoms in total. The maximum atomic E-state index is 12.1. The summed E-state index contributed by atoms with van der Waals surface area (Å²) >= 11 is 0. The first kappa shape index (κ1) is 20.2. The van der Waals surface area contributed by atoms with Crippen LogP contribution in [-0.4, -0.2) is 49.0 Å². The van der Waals surface area contributed by atoms with Crippen molar-refractivity contribution in [2.45, 2.75) is 50.9 Å². The van der Waals surface area contributed by atoms with E-state index in [1.807, 2.05) is 37.3 Å². The summed E-state index contributed by atoms with van der Waals surface area (Å²) in [7, 11) is 0. The van der Waals surface area contributed by atoms with Gasteiger partial charge in [-0.05, 0) is 31.7 Å². The smallest absolute Gasteiger partial charge is 0.315 e. The molecule has 0 aliphatic carbocycles. The monoisotopic (exact) mass is 364 g/mol. The standard InChI is InChI=1S/C19H28N2O5/c1-14(21-19(24)20-11-5-8-17(22)23)18(15-6-3-2-4-7-15)26-16-9-12-25-13-10-16/h2-4,6-7,14,16,18H,5,8-13H2,1H3,(H,22,23)(H2,20,21,24). The molecule has 0 radical (unpaired) electrons. The van der Waals surface area contributed by atoms with E-state index in [4.69, 9.17) is 14.6 Å². The molecule has 2 atom stereocenters. The Balaban J connectivity index is 1.90. The Morgan fingerprint density at radius 2 is 1.96 bits per heavy atom. The van der Waals surface area contributed by atoms with Crippen molar-refractivity contribution in [3.05, 3.63) is 35.9 Å². The van der Waals surface area contributed by atoms with E-state index in [0.717, 1.165) is 18.4 Å². The molecule has 7 heteroatoms. The van der Waals surface area contributed by atoms with Gasteiger partial charge in [-0.25, -0.2) is 4.79 Å². The molecule has 1 heterocycles. The molecule has 1 aliphatic rings. The second-order valence-corrected chi connectivity index (χ2v) is 6.47. The number of urea groups is 1. The summed E-state index contributed by atoms with van der Waals surface area (Å²) in [5.74, 6) is -0.866. The lowest BCUT2D eigenvalue weighted by atomic mass is 10.0. The summed E-state index contributed by atoms with van der Waals surface area (Å²) in [5, 5.41) is 14.2. The Bertz CT molecular complexity index is 560. The maximum absolute atomic E-state index is 12.1. The van der Waals surface area contributed by atoms with Crippen molar-refractivity contribution in [2.24, 2.45) is 0 Å². The number of amides is 2. The number of carboxylic acid groups (broad SMARTS) is 1. The molecular formula is C19H28N2O5. The number of hydrogen-bond acceptors (Lipinski definition) is 4. The zero-order chi connectivity index (χ0) is 18.8. The predicted molar refractivity (Wildman–Crippen MR) is 97.0 cm³/mol. The lowest BCUT2D eigenvalue weighted by Gasteiger charge is -2.31. The zero-order valence-electron chi connectivity index (χ0n) is 15.1.